The quantitative estimate of drug-likeness (QED) is 0.0434. The topological polar surface area (TPSA) is 186 Å². The lowest BCUT2D eigenvalue weighted by Gasteiger charge is -2.30. The van der Waals surface area contributed by atoms with Crippen LogP contribution in [0.4, 0.5) is 4.79 Å². The molecule has 6 atom stereocenters. The van der Waals surface area contributed by atoms with E-state index in [-0.39, 0.29) is 92.7 Å². The van der Waals surface area contributed by atoms with E-state index in [0.717, 1.165) is 82.2 Å². The van der Waals surface area contributed by atoms with Crippen LogP contribution in [-0.2, 0) is 33.6 Å². The van der Waals surface area contributed by atoms with Gasteiger partial charge in [0.25, 0.3) is 5.91 Å². The number of benzene rings is 3. The summed E-state index contributed by atoms with van der Waals surface area (Å²) in [6.07, 6.45) is 2.59. The molecule has 0 unspecified atom stereocenters. The molecule has 3 aromatic carbocycles. The fourth-order valence-electron chi connectivity index (χ4n) is 7.92. The number of H-pyrrole nitrogens is 2. The number of alkyl carbamates (subject to hydrolysis) is 1. The summed E-state index contributed by atoms with van der Waals surface area (Å²) in [5.41, 5.74) is 7.52. The van der Waals surface area contributed by atoms with E-state index in [1.165, 1.54) is 21.3 Å². The number of aliphatic imine (C=N–C) groups is 1. The molecule has 2 aromatic heterocycles. The third kappa shape index (κ3) is 12.3. The van der Waals surface area contributed by atoms with Gasteiger partial charge in [-0.3, -0.25) is 9.59 Å². The number of ether oxygens (including phenoxy) is 3. The van der Waals surface area contributed by atoms with E-state index in [4.69, 9.17) is 29.1 Å². The van der Waals surface area contributed by atoms with Gasteiger partial charge in [0.15, 0.2) is 6.04 Å². The molecule has 3 amide bonds. The third-order valence-corrected chi connectivity index (χ3v) is 11.3. The number of imidazole rings is 2. The van der Waals surface area contributed by atoms with Crippen LogP contribution < -0.4 is 5.32 Å². The number of likely N-dealkylation sites (tertiary alicyclic amines) is 2. The fraction of sp³-hybridized carbons (Fsp3) is 0.455. The van der Waals surface area contributed by atoms with E-state index in [9.17, 15) is 14.4 Å². The molecule has 3 N–H and O–H groups in total. The highest BCUT2D eigenvalue weighted by Gasteiger charge is 2.40. The number of methoxy groups -OCH3 is 3. The molecule has 0 radical (unpaired) electrons. The van der Waals surface area contributed by atoms with Crippen LogP contribution in [0.1, 0.15) is 78.1 Å². The van der Waals surface area contributed by atoms with Crippen molar-refractivity contribution in [3.8, 4) is 22.3 Å². The Morgan fingerprint density at radius 2 is 1.16 bits per heavy atom. The Hall–Kier alpha value is -4.44. The average Bonchev–Trinajstić information content (AvgIpc) is 4.08. The van der Waals surface area contributed by atoms with Crippen LogP contribution in [0.3, 0.4) is 0 Å². The van der Waals surface area contributed by atoms with Crippen molar-refractivity contribution in [2.24, 2.45) is 4.99 Å². The maximum Gasteiger partial charge on any atom is 0.407 e. The van der Waals surface area contributed by atoms with Gasteiger partial charge in [-0.2, -0.15) is 58.9 Å². The van der Waals surface area contributed by atoms with Gasteiger partial charge in [0.2, 0.25) is 12.3 Å². The first-order chi connectivity index (χ1) is 28.1. The molecule has 2 fully saturated rings. The first-order valence-electron chi connectivity index (χ1n) is 19.5. The number of nitrogens with zero attached hydrogens (tertiary/aromatic N) is 5. The third-order valence-electron chi connectivity index (χ3n) is 11.3. The number of fused-ring (bicyclic) bond motifs is 2. The average molecular weight is 963 g/mol. The molecule has 16 nitrogen and oxygen atoms in total. The van der Waals surface area contributed by atoms with E-state index in [1.54, 1.807) is 25.9 Å². The summed E-state index contributed by atoms with van der Waals surface area (Å²) < 4.78 is 15.6. The van der Waals surface area contributed by atoms with Gasteiger partial charge < -0.3 is 44.2 Å². The summed E-state index contributed by atoms with van der Waals surface area (Å²) in [5, 5.41) is 2.63. The molecule has 5 aromatic rings. The maximum absolute atomic E-state index is 13.7. The molecule has 0 spiro atoms. The van der Waals surface area contributed by atoms with Crippen LogP contribution in [0.25, 0.3) is 44.3 Å². The van der Waals surface area contributed by atoms with E-state index >= 15 is 0 Å². The van der Waals surface area contributed by atoms with Gasteiger partial charge in [-0.25, -0.2) is 19.8 Å². The Morgan fingerprint density at radius 1 is 0.703 bits per heavy atom. The van der Waals surface area contributed by atoms with Crippen molar-refractivity contribution in [2.45, 2.75) is 90.8 Å². The van der Waals surface area contributed by atoms with Crippen LogP contribution in [0.5, 0.6) is 0 Å². The number of aromatic amines is 2. The summed E-state index contributed by atoms with van der Waals surface area (Å²) in [4.78, 5) is 73.5. The minimum Gasteiger partial charge on any atom is -0.453 e. The highest BCUT2D eigenvalue weighted by molar-refractivity contribution is 7.59. The number of aromatic nitrogens is 4. The Balaban J connectivity index is 0.00000341. The largest absolute Gasteiger partial charge is 0.453 e. The molecule has 2 aliphatic heterocycles. The SMILES string of the molecule is C.C.COOC=N[C@H](C(=O)N1CCC[C@H]1c1nc2ccc(-c3ccc(-c4ccc5nc([C@@H]6CCCN6C(=O)[C@@H](NC(=O)OC)[C@@H](C)OC)[nH]c5c4)cc3)cc2[nH]1)[C@@H](C)OC.S.S.S.S. The van der Waals surface area contributed by atoms with Crippen molar-refractivity contribution in [1.29, 1.82) is 0 Å². The van der Waals surface area contributed by atoms with Crippen LogP contribution >= 0.6 is 54.0 Å². The van der Waals surface area contributed by atoms with Gasteiger partial charge in [0, 0.05) is 27.3 Å². The lowest BCUT2D eigenvalue weighted by Crippen LogP contribution is -2.54. The van der Waals surface area contributed by atoms with Crippen molar-refractivity contribution in [3.05, 3.63) is 72.3 Å². The van der Waals surface area contributed by atoms with Crippen LogP contribution in [0.15, 0.2) is 65.7 Å². The maximum atomic E-state index is 13.7. The molecule has 64 heavy (non-hydrogen) atoms. The molecule has 7 rings (SSSR count). The van der Waals surface area contributed by atoms with Crippen molar-refractivity contribution in [3.63, 3.8) is 0 Å². The number of rotatable bonds is 14. The summed E-state index contributed by atoms with van der Waals surface area (Å²) in [5.74, 6) is 1.03. The summed E-state index contributed by atoms with van der Waals surface area (Å²) in [6, 6.07) is 18.5. The molecular formula is C44H66N8O8S4. The van der Waals surface area contributed by atoms with Gasteiger partial charge in [-0.1, -0.05) is 51.3 Å². The van der Waals surface area contributed by atoms with Crippen molar-refractivity contribution in [1.82, 2.24) is 35.1 Å². The molecule has 0 bridgehead atoms. The zero-order valence-corrected chi connectivity index (χ0v) is 39.6. The van der Waals surface area contributed by atoms with Crippen molar-refractivity contribution >= 4 is 100 Å². The lowest BCUT2D eigenvalue weighted by atomic mass is 10.00. The highest BCUT2D eigenvalue weighted by Crippen LogP contribution is 2.36. The van der Waals surface area contributed by atoms with Gasteiger partial charge in [0.05, 0.1) is 60.6 Å². The Morgan fingerprint density at radius 3 is 1.59 bits per heavy atom. The Labute approximate surface area is 403 Å². The zero-order valence-electron chi connectivity index (χ0n) is 35.6. The molecular weight excluding hydrogens is 897 g/mol. The number of amides is 3. The molecule has 0 aliphatic carbocycles. The van der Waals surface area contributed by atoms with Gasteiger partial charge in [-0.05, 0) is 86.1 Å². The van der Waals surface area contributed by atoms with E-state index in [1.807, 2.05) is 23.1 Å². The van der Waals surface area contributed by atoms with Crippen LogP contribution in [0.2, 0.25) is 0 Å². The highest BCUT2D eigenvalue weighted by atomic mass is 32.1. The molecule has 354 valence electrons. The Kier molecular flexibility index (Phi) is 23.3. The van der Waals surface area contributed by atoms with Gasteiger partial charge >= 0.3 is 6.09 Å². The zero-order chi connectivity index (χ0) is 40.9. The number of carbonyl (C=O) groups is 3. The van der Waals surface area contributed by atoms with Crippen molar-refractivity contribution < 1.29 is 38.4 Å². The second-order valence-corrected chi connectivity index (χ2v) is 14.6. The summed E-state index contributed by atoms with van der Waals surface area (Å²) in [6.45, 7) is 4.67. The molecule has 2 aliphatic rings. The van der Waals surface area contributed by atoms with Gasteiger partial charge in [0.1, 0.15) is 17.7 Å². The predicted molar refractivity (Wildman–Crippen MR) is 272 cm³/mol. The minimum atomic E-state index is -0.899. The first-order valence-corrected chi connectivity index (χ1v) is 19.5. The summed E-state index contributed by atoms with van der Waals surface area (Å²) in [7, 11) is 5.68. The lowest BCUT2D eigenvalue weighted by molar-refractivity contribution is -0.188. The minimum absolute atomic E-state index is 0. The second-order valence-electron chi connectivity index (χ2n) is 14.6. The van der Waals surface area contributed by atoms with E-state index in [2.05, 4.69) is 67.6 Å². The van der Waals surface area contributed by atoms with Crippen LogP contribution in [0, 0.1) is 0 Å². The predicted octanol–water partition coefficient (Wildman–Crippen LogP) is 7.59. The molecule has 20 heteroatoms. The molecule has 0 saturated carbocycles. The van der Waals surface area contributed by atoms with Gasteiger partial charge in [-0.15, -0.1) is 0 Å². The number of carbonyl (C=O) groups excluding carboxylic acids is 3. The monoisotopic (exact) mass is 962 g/mol. The number of nitrogens with one attached hydrogen (secondary N) is 3. The number of hydrogen-bond acceptors (Lipinski definition) is 11. The van der Waals surface area contributed by atoms with E-state index in [0.29, 0.717) is 18.9 Å². The normalized spacial score (nSPS) is 17.3. The second kappa shape index (κ2) is 25.9. The van der Waals surface area contributed by atoms with E-state index < -0.39 is 30.4 Å². The smallest absolute Gasteiger partial charge is 0.407 e. The standard InChI is InChI=1S/C42H50N8O8.2CH4.4H2S/c1-24(54-3)36(43-23-58-57-6)40(51)49-19-7-9-34(49)38-44-30-17-15-28(21-32(30)46-38)26-11-13-27(14-12-26)29-16-18-31-33(22-29)47-39(45-31)35-10-8-20-50(35)41(52)37(25(2)55-4)48-42(53)56-5;;;;;;/h11-18,21-25,34-37H,7-10,19-20H2,1-6H3,(H,44,46)(H,45,47)(H,48,53);2*1H4;4*1H2/t24-,25-,34+,35+,36+,37+;;;;;;/m1....../s1. The molecule has 2 saturated heterocycles. The first kappa shape index (κ1) is 57.6. The van der Waals surface area contributed by atoms with Crippen molar-refractivity contribution in [2.75, 3.05) is 41.5 Å². The fourth-order valence-corrected chi connectivity index (χ4v) is 7.92. The molecule has 4 heterocycles. The van der Waals surface area contributed by atoms with Crippen LogP contribution in [-0.4, -0.2) is 120 Å². The Bertz CT molecular complexity index is 2290. The number of hydrogen-bond donors (Lipinski definition) is 3. The summed E-state index contributed by atoms with van der Waals surface area (Å²) >= 11 is 0.